The van der Waals surface area contributed by atoms with Crippen LogP contribution < -0.4 is 10.1 Å². The number of nitrogens with zero attached hydrogens (tertiary/aromatic N) is 2. The van der Waals surface area contributed by atoms with Crippen LogP contribution in [0.2, 0.25) is 0 Å². The van der Waals surface area contributed by atoms with E-state index in [1.165, 1.54) is 6.07 Å². The molecule has 31 heavy (non-hydrogen) atoms. The first-order valence-electron chi connectivity index (χ1n) is 10.2. The monoisotopic (exact) mass is 423 g/mol. The molecule has 2 heterocycles. The molecule has 1 fully saturated rings. The Labute approximate surface area is 179 Å². The maximum Gasteiger partial charge on any atom is 0.227 e. The van der Waals surface area contributed by atoms with Crippen molar-refractivity contribution in [3.05, 3.63) is 84.1 Å². The first-order chi connectivity index (χ1) is 15.1. The molecule has 0 aliphatic carbocycles. The van der Waals surface area contributed by atoms with Gasteiger partial charge in [0.15, 0.2) is 11.6 Å². The largest absolute Gasteiger partial charge is 0.439 e. The quantitative estimate of drug-likeness (QED) is 0.606. The normalized spacial score (nSPS) is 14.9. The van der Waals surface area contributed by atoms with Gasteiger partial charge < -0.3 is 10.1 Å². The Morgan fingerprint density at radius 3 is 2.52 bits per heavy atom. The minimum absolute atomic E-state index is 0.0601. The van der Waals surface area contributed by atoms with Crippen LogP contribution in [0.15, 0.2) is 66.9 Å². The maximum absolute atomic E-state index is 13.9. The number of rotatable bonds is 6. The third-order valence-corrected chi connectivity index (χ3v) is 5.35. The molecule has 5 nitrogen and oxygen atoms in total. The van der Waals surface area contributed by atoms with Gasteiger partial charge in [-0.3, -0.25) is 9.69 Å². The summed E-state index contributed by atoms with van der Waals surface area (Å²) in [4.78, 5) is 18.9. The van der Waals surface area contributed by atoms with Gasteiger partial charge in [-0.15, -0.1) is 0 Å². The van der Waals surface area contributed by atoms with Crippen molar-refractivity contribution in [2.45, 2.75) is 19.4 Å². The highest BCUT2D eigenvalue weighted by Gasteiger charge is 2.25. The Morgan fingerprint density at radius 2 is 1.81 bits per heavy atom. The lowest BCUT2D eigenvalue weighted by Gasteiger charge is -2.31. The van der Waals surface area contributed by atoms with Crippen molar-refractivity contribution in [2.75, 3.05) is 18.4 Å². The standard InChI is InChI=1S/C24H23F2N3O2/c25-21-8-4-5-18(23(21)26)16-29-13-11-17(12-14-29)24(30)28-19-9-10-22(27-15-19)31-20-6-2-1-3-7-20/h1-10,15,17H,11-14,16H2,(H,28,30). The van der Waals surface area contributed by atoms with Gasteiger partial charge in [0.25, 0.3) is 0 Å². The van der Waals surface area contributed by atoms with Crippen LogP contribution >= 0.6 is 0 Å². The van der Waals surface area contributed by atoms with E-state index in [2.05, 4.69) is 10.3 Å². The van der Waals surface area contributed by atoms with E-state index in [4.69, 9.17) is 4.74 Å². The van der Waals surface area contributed by atoms with E-state index in [1.807, 2.05) is 35.2 Å². The number of piperidine rings is 1. The first-order valence-corrected chi connectivity index (χ1v) is 10.2. The van der Waals surface area contributed by atoms with Crippen LogP contribution in [-0.4, -0.2) is 28.9 Å². The molecule has 1 N–H and O–H groups in total. The molecule has 1 amide bonds. The molecule has 1 saturated heterocycles. The molecule has 2 aromatic carbocycles. The van der Waals surface area contributed by atoms with E-state index in [9.17, 15) is 13.6 Å². The highest BCUT2D eigenvalue weighted by Crippen LogP contribution is 2.23. The van der Waals surface area contributed by atoms with E-state index < -0.39 is 11.6 Å². The smallest absolute Gasteiger partial charge is 0.227 e. The molecule has 1 aromatic heterocycles. The predicted molar refractivity (Wildman–Crippen MR) is 114 cm³/mol. The molecule has 1 aliphatic heterocycles. The second-order valence-corrected chi connectivity index (χ2v) is 7.55. The summed E-state index contributed by atoms with van der Waals surface area (Å²) >= 11 is 0. The Morgan fingerprint density at radius 1 is 1.03 bits per heavy atom. The lowest BCUT2D eigenvalue weighted by molar-refractivity contribution is -0.121. The molecule has 7 heteroatoms. The zero-order valence-corrected chi connectivity index (χ0v) is 16.9. The highest BCUT2D eigenvalue weighted by molar-refractivity contribution is 5.92. The van der Waals surface area contributed by atoms with E-state index >= 15 is 0 Å². The molecule has 0 spiro atoms. The van der Waals surface area contributed by atoms with Gasteiger partial charge in [-0.2, -0.15) is 0 Å². The molecule has 4 rings (SSSR count). The van der Waals surface area contributed by atoms with Crippen LogP contribution in [0.5, 0.6) is 11.6 Å². The predicted octanol–water partition coefficient (Wildman–Crippen LogP) is 5.00. The molecule has 0 atom stereocenters. The number of amides is 1. The summed E-state index contributed by atoms with van der Waals surface area (Å²) in [6.07, 6.45) is 2.88. The number of pyridine rings is 1. The van der Waals surface area contributed by atoms with Crippen molar-refractivity contribution in [1.82, 2.24) is 9.88 Å². The number of aromatic nitrogens is 1. The number of carbonyl (C=O) groups is 1. The van der Waals surface area contributed by atoms with Crippen LogP contribution in [0.3, 0.4) is 0 Å². The average molecular weight is 423 g/mol. The Balaban J connectivity index is 1.26. The SMILES string of the molecule is O=C(Nc1ccc(Oc2ccccc2)nc1)C1CCN(Cc2cccc(F)c2F)CC1. The van der Waals surface area contributed by atoms with E-state index in [1.54, 1.807) is 24.4 Å². The minimum atomic E-state index is -0.833. The third kappa shape index (κ3) is 5.44. The summed E-state index contributed by atoms with van der Waals surface area (Å²) in [5, 5.41) is 2.90. The fourth-order valence-corrected chi connectivity index (χ4v) is 3.63. The number of likely N-dealkylation sites (tertiary alicyclic amines) is 1. The van der Waals surface area contributed by atoms with Gasteiger partial charge >= 0.3 is 0 Å². The Bertz CT molecular complexity index is 1020. The number of ether oxygens (including phenoxy) is 1. The number of halogens is 2. The number of nitrogens with one attached hydrogen (secondary N) is 1. The van der Waals surface area contributed by atoms with Crippen molar-refractivity contribution in [3.8, 4) is 11.6 Å². The second kappa shape index (κ2) is 9.66. The van der Waals surface area contributed by atoms with Gasteiger partial charge in [-0.1, -0.05) is 30.3 Å². The zero-order chi connectivity index (χ0) is 21.6. The Hall–Kier alpha value is -3.32. The van der Waals surface area contributed by atoms with Gasteiger partial charge in [-0.25, -0.2) is 13.8 Å². The van der Waals surface area contributed by atoms with Crippen LogP contribution in [0.1, 0.15) is 18.4 Å². The van der Waals surface area contributed by atoms with Gasteiger partial charge in [0.1, 0.15) is 5.75 Å². The summed E-state index contributed by atoms with van der Waals surface area (Å²) in [5.41, 5.74) is 0.946. The lowest BCUT2D eigenvalue weighted by atomic mass is 9.95. The number of carbonyl (C=O) groups excluding carboxylic acids is 1. The summed E-state index contributed by atoms with van der Waals surface area (Å²) in [6.45, 7) is 1.64. The first kappa shape index (κ1) is 20.9. The molecule has 160 valence electrons. The number of hydrogen-bond acceptors (Lipinski definition) is 4. The molecule has 0 unspecified atom stereocenters. The molecular weight excluding hydrogens is 400 g/mol. The van der Waals surface area contributed by atoms with E-state index in [0.29, 0.717) is 55.4 Å². The second-order valence-electron chi connectivity index (χ2n) is 7.55. The molecule has 3 aromatic rings. The number of para-hydroxylation sites is 1. The molecule has 0 saturated carbocycles. The van der Waals surface area contributed by atoms with Crippen LogP contribution in [0, 0.1) is 17.6 Å². The van der Waals surface area contributed by atoms with Crippen molar-refractivity contribution in [2.24, 2.45) is 5.92 Å². The minimum Gasteiger partial charge on any atom is -0.439 e. The van der Waals surface area contributed by atoms with Crippen LogP contribution in [-0.2, 0) is 11.3 Å². The number of anilines is 1. The fourth-order valence-electron chi connectivity index (χ4n) is 3.63. The van der Waals surface area contributed by atoms with Gasteiger partial charge in [0.05, 0.1) is 11.9 Å². The number of hydrogen-bond donors (Lipinski definition) is 1. The van der Waals surface area contributed by atoms with Crippen molar-refractivity contribution in [3.63, 3.8) is 0 Å². The van der Waals surface area contributed by atoms with E-state index in [0.717, 1.165) is 6.07 Å². The summed E-state index contributed by atoms with van der Waals surface area (Å²) in [6, 6.07) is 17.0. The van der Waals surface area contributed by atoms with Gasteiger partial charge in [0, 0.05) is 24.1 Å². The molecule has 0 radical (unpaired) electrons. The lowest BCUT2D eigenvalue weighted by Crippen LogP contribution is -2.38. The molecule has 0 bridgehead atoms. The third-order valence-electron chi connectivity index (χ3n) is 5.35. The van der Waals surface area contributed by atoms with Gasteiger partial charge in [0.2, 0.25) is 11.8 Å². The van der Waals surface area contributed by atoms with Crippen molar-refractivity contribution >= 4 is 11.6 Å². The Kier molecular flexibility index (Phi) is 6.52. The van der Waals surface area contributed by atoms with E-state index in [-0.39, 0.29) is 11.8 Å². The van der Waals surface area contributed by atoms with Crippen molar-refractivity contribution < 1.29 is 18.3 Å². The van der Waals surface area contributed by atoms with Crippen LogP contribution in [0.4, 0.5) is 14.5 Å². The highest BCUT2D eigenvalue weighted by atomic mass is 19.2. The van der Waals surface area contributed by atoms with Gasteiger partial charge in [-0.05, 0) is 50.2 Å². The van der Waals surface area contributed by atoms with Crippen LogP contribution in [0.25, 0.3) is 0 Å². The fraction of sp³-hybridized carbons (Fsp3) is 0.250. The summed E-state index contributed by atoms with van der Waals surface area (Å²) < 4.78 is 32.9. The maximum atomic E-state index is 13.9. The molecular formula is C24H23F2N3O2. The topological polar surface area (TPSA) is 54.5 Å². The molecule has 1 aliphatic rings. The average Bonchev–Trinajstić information content (AvgIpc) is 2.79. The number of benzene rings is 2. The summed E-state index contributed by atoms with van der Waals surface area (Å²) in [5.74, 6) is -0.683. The van der Waals surface area contributed by atoms with Crippen molar-refractivity contribution in [1.29, 1.82) is 0 Å². The summed E-state index contributed by atoms with van der Waals surface area (Å²) in [7, 11) is 0. The zero-order valence-electron chi connectivity index (χ0n) is 16.9.